The van der Waals surface area contributed by atoms with Crippen molar-refractivity contribution in [3.8, 4) is 0 Å². The first kappa shape index (κ1) is 78.2. The van der Waals surface area contributed by atoms with E-state index < -0.39 is 86.8 Å². The lowest BCUT2D eigenvalue weighted by molar-refractivity contribution is -0.359. The SMILES string of the molecule is CC/C=C\C/C=C\C/C=C\C/C=C\C/C=C\C/C=C\C/C=C\C/C=C\C/C=C\CCCCCCCCCCCC(=O)NC(COC1OC(CO)C(OC2OC(CO)C(O)C(O)C2O)C(O)C1O)C(O)/C=C/CC/C=C/CCCCCCCCCCC. The Labute approximate surface area is 520 Å². The van der Waals surface area contributed by atoms with Crippen LogP contribution < -0.4 is 5.32 Å². The molecule has 12 unspecified atom stereocenters. The second-order valence-electron chi connectivity index (χ2n) is 22.9. The molecule has 1 amide bonds. The van der Waals surface area contributed by atoms with Crippen molar-refractivity contribution >= 4 is 5.91 Å². The second-order valence-corrected chi connectivity index (χ2v) is 22.9. The maximum Gasteiger partial charge on any atom is 0.220 e. The van der Waals surface area contributed by atoms with Crippen molar-refractivity contribution < 1.29 is 64.6 Å². The number of carbonyl (C=O) groups excluding carboxylic acids is 1. The minimum atomic E-state index is -1.80. The van der Waals surface area contributed by atoms with Gasteiger partial charge in [0.05, 0.1) is 32.0 Å². The molecule has 12 atom stereocenters. The van der Waals surface area contributed by atoms with E-state index in [9.17, 15) is 45.6 Å². The van der Waals surface area contributed by atoms with E-state index in [1.807, 2.05) is 6.08 Å². The first-order chi connectivity index (χ1) is 42.1. The molecule has 9 N–H and O–H groups in total. The van der Waals surface area contributed by atoms with Crippen molar-refractivity contribution in [2.45, 2.75) is 293 Å². The van der Waals surface area contributed by atoms with Crippen LogP contribution in [0.5, 0.6) is 0 Å². The summed E-state index contributed by atoms with van der Waals surface area (Å²) in [5, 5.41) is 87.2. The van der Waals surface area contributed by atoms with Gasteiger partial charge in [-0.1, -0.05) is 244 Å². The van der Waals surface area contributed by atoms with Gasteiger partial charge < -0.3 is 65.1 Å². The summed E-state index contributed by atoms with van der Waals surface area (Å²) in [5.74, 6) is -0.262. The molecule has 2 fully saturated rings. The van der Waals surface area contributed by atoms with Gasteiger partial charge in [-0.3, -0.25) is 4.79 Å². The molecule has 86 heavy (non-hydrogen) atoms. The molecule has 0 aliphatic carbocycles. The van der Waals surface area contributed by atoms with Crippen LogP contribution >= 0.6 is 0 Å². The highest BCUT2D eigenvalue weighted by Crippen LogP contribution is 2.30. The van der Waals surface area contributed by atoms with Gasteiger partial charge in [0.1, 0.15) is 48.8 Å². The van der Waals surface area contributed by atoms with Crippen LogP contribution in [0.3, 0.4) is 0 Å². The standard InChI is InChI=1S/C72H119NO13/c1-3-5-7-9-11-13-15-17-19-20-21-22-23-24-25-26-27-28-29-30-31-32-33-34-35-36-37-38-39-40-42-44-46-48-50-52-54-56-64(77)73-60(61(76)55-53-51-49-47-45-43-41-18-16-14-12-10-8-6-4-2)59-83-71-69(82)67(80)70(63(58-75)85-71)86-72-68(81)66(79)65(78)62(57-74)84-72/h5,7,11,13,17,19,21-22,24-25,27-28,30-31,33-34,36-37,45,47,53,55,60-63,65-72,74-76,78-82H,3-4,6,8-10,12,14-16,18,20,23,26,29,32,35,38-44,46,48-52,54,56-59H2,1-2H3,(H,73,77)/b7-5-,13-11-,19-17-,22-21-,25-24-,28-27-,31-30-,34-33-,37-36-,47-45+,55-53+. The minimum Gasteiger partial charge on any atom is -0.394 e. The first-order valence-corrected chi connectivity index (χ1v) is 33.4. The number of aliphatic hydroxyl groups excluding tert-OH is 8. The molecule has 2 aliphatic rings. The molecule has 14 heteroatoms. The third-order valence-corrected chi connectivity index (χ3v) is 15.3. The molecule has 490 valence electrons. The predicted molar refractivity (Wildman–Crippen MR) is 350 cm³/mol. The van der Waals surface area contributed by atoms with E-state index in [0.29, 0.717) is 12.8 Å². The number of unbranched alkanes of at least 4 members (excludes halogenated alkanes) is 19. The topological polar surface area (TPSA) is 228 Å². The summed E-state index contributed by atoms with van der Waals surface area (Å²) in [4.78, 5) is 13.3. The summed E-state index contributed by atoms with van der Waals surface area (Å²) in [6, 6.07) is -0.944. The number of hydrogen-bond donors (Lipinski definition) is 9. The molecule has 0 aromatic carbocycles. The van der Waals surface area contributed by atoms with Gasteiger partial charge in [-0.25, -0.2) is 0 Å². The maximum atomic E-state index is 13.3. The highest BCUT2D eigenvalue weighted by atomic mass is 16.7. The average molecular weight is 1210 g/mol. The van der Waals surface area contributed by atoms with E-state index in [4.69, 9.17) is 18.9 Å². The molecule has 0 radical (unpaired) electrons. The Balaban J connectivity index is 1.66. The number of aliphatic hydroxyl groups is 8. The fourth-order valence-corrected chi connectivity index (χ4v) is 10.0. The number of amides is 1. The lowest BCUT2D eigenvalue weighted by Gasteiger charge is -2.46. The number of carbonyl (C=O) groups is 1. The van der Waals surface area contributed by atoms with E-state index in [1.54, 1.807) is 6.08 Å². The van der Waals surface area contributed by atoms with Gasteiger partial charge >= 0.3 is 0 Å². The summed E-state index contributed by atoms with van der Waals surface area (Å²) in [6.45, 7) is 2.64. The van der Waals surface area contributed by atoms with Gasteiger partial charge in [0.15, 0.2) is 12.6 Å². The summed E-state index contributed by atoms with van der Waals surface area (Å²) in [6.07, 6.45) is 65.0. The molecule has 0 aromatic rings. The quantitative estimate of drug-likeness (QED) is 0.0204. The summed E-state index contributed by atoms with van der Waals surface area (Å²) in [5.41, 5.74) is 0. The fourth-order valence-electron chi connectivity index (χ4n) is 10.0. The lowest BCUT2D eigenvalue weighted by atomic mass is 9.97. The third-order valence-electron chi connectivity index (χ3n) is 15.3. The third kappa shape index (κ3) is 39.2. The number of nitrogens with one attached hydrogen (secondary N) is 1. The Morgan fingerprint density at radius 1 is 0.430 bits per heavy atom. The van der Waals surface area contributed by atoms with Crippen LogP contribution in [0.15, 0.2) is 134 Å². The Morgan fingerprint density at radius 2 is 0.814 bits per heavy atom. The van der Waals surface area contributed by atoms with Gasteiger partial charge in [-0.15, -0.1) is 0 Å². The zero-order valence-corrected chi connectivity index (χ0v) is 53.0. The Morgan fingerprint density at radius 3 is 1.28 bits per heavy atom. The average Bonchev–Trinajstić information content (AvgIpc) is 1.83. The Hall–Kier alpha value is -3.87. The molecule has 0 spiro atoms. The van der Waals surface area contributed by atoms with Crippen LogP contribution in [0, 0.1) is 0 Å². The second kappa shape index (κ2) is 55.2. The highest BCUT2D eigenvalue weighted by molar-refractivity contribution is 5.76. The normalized spacial score (nSPS) is 24.3. The van der Waals surface area contributed by atoms with Gasteiger partial charge in [-0.05, 0) is 103 Å². The monoisotopic (exact) mass is 1210 g/mol. The van der Waals surface area contributed by atoms with Crippen LogP contribution in [-0.4, -0.2) is 140 Å². The molecular formula is C72H119NO13. The van der Waals surface area contributed by atoms with Crippen molar-refractivity contribution in [3.05, 3.63) is 134 Å². The van der Waals surface area contributed by atoms with Crippen LogP contribution in [0.1, 0.15) is 219 Å². The number of allylic oxidation sites excluding steroid dienone is 21. The predicted octanol–water partition coefficient (Wildman–Crippen LogP) is 13.1. The van der Waals surface area contributed by atoms with Crippen molar-refractivity contribution in [3.63, 3.8) is 0 Å². The molecule has 0 aromatic heterocycles. The zero-order valence-electron chi connectivity index (χ0n) is 53.0. The highest BCUT2D eigenvalue weighted by Gasteiger charge is 2.51. The zero-order chi connectivity index (χ0) is 62.3. The molecular weight excluding hydrogens is 1090 g/mol. The summed E-state index contributed by atoms with van der Waals surface area (Å²) in [7, 11) is 0. The largest absolute Gasteiger partial charge is 0.394 e. The molecule has 14 nitrogen and oxygen atoms in total. The first-order valence-electron chi connectivity index (χ1n) is 33.4. The van der Waals surface area contributed by atoms with E-state index >= 15 is 0 Å². The van der Waals surface area contributed by atoms with Crippen molar-refractivity contribution in [1.82, 2.24) is 5.32 Å². The summed E-state index contributed by atoms with van der Waals surface area (Å²) >= 11 is 0. The van der Waals surface area contributed by atoms with E-state index in [0.717, 1.165) is 103 Å². The van der Waals surface area contributed by atoms with Crippen LogP contribution in [0.4, 0.5) is 0 Å². The Kier molecular flexibility index (Phi) is 50.2. The molecule has 2 rings (SSSR count). The van der Waals surface area contributed by atoms with E-state index in [-0.39, 0.29) is 18.9 Å². The summed E-state index contributed by atoms with van der Waals surface area (Å²) < 4.78 is 22.8. The van der Waals surface area contributed by atoms with Gasteiger partial charge in [0.2, 0.25) is 5.91 Å². The number of ether oxygens (including phenoxy) is 4. The van der Waals surface area contributed by atoms with Crippen LogP contribution in [-0.2, 0) is 23.7 Å². The Bertz CT molecular complexity index is 1950. The van der Waals surface area contributed by atoms with Crippen molar-refractivity contribution in [1.29, 1.82) is 0 Å². The van der Waals surface area contributed by atoms with Gasteiger partial charge in [0, 0.05) is 6.42 Å². The molecule has 2 heterocycles. The van der Waals surface area contributed by atoms with Crippen LogP contribution in [0.25, 0.3) is 0 Å². The maximum absolute atomic E-state index is 13.3. The molecule has 0 bridgehead atoms. The molecule has 2 aliphatic heterocycles. The van der Waals surface area contributed by atoms with E-state index in [1.165, 1.54) is 83.5 Å². The van der Waals surface area contributed by atoms with Crippen molar-refractivity contribution in [2.75, 3.05) is 19.8 Å². The smallest absolute Gasteiger partial charge is 0.220 e. The lowest BCUT2D eigenvalue weighted by Crippen LogP contribution is -2.65. The number of hydrogen-bond acceptors (Lipinski definition) is 13. The molecule has 2 saturated heterocycles. The number of rotatable bonds is 52. The van der Waals surface area contributed by atoms with Gasteiger partial charge in [-0.2, -0.15) is 0 Å². The molecule has 0 saturated carbocycles. The van der Waals surface area contributed by atoms with Crippen LogP contribution in [0.2, 0.25) is 0 Å². The minimum absolute atomic E-state index is 0.258. The van der Waals surface area contributed by atoms with E-state index in [2.05, 4.69) is 141 Å². The van der Waals surface area contributed by atoms with Crippen molar-refractivity contribution in [2.24, 2.45) is 0 Å². The van der Waals surface area contributed by atoms with Gasteiger partial charge in [0.25, 0.3) is 0 Å². The fraction of sp³-hybridized carbons (Fsp3) is 0.681.